The predicted octanol–water partition coefficient (Wildman–Crippen LogP) is -0.146. The lowest BCUT2D eigenvalue weighted by Crippen LogP contribution is -2.45. The van der Waals surface area contributed by atoms with Crippen molar-refractivity contribution in [3.63, 3.8) is 0 Å². The summed E-state index contributed by atoms with van der Waals surface area (Å²) in [5.41, 5.74) is 0. The molecule has 4 heteroatoms. The van der Waals surface area contributed by atoms with Gasteiger partial charge in [0.2, 0.25) is 5.91 Å². The van der Waals surface area contributed by atoms with E-state index in [4.69, 9.17) is 0 Å². The summed E-state index contributed by atoms with van der Waals surface area (Å²) in [5, 5.41) is 9.78. The molecule has 1 saturated heterocycles. The molecule has 86 valence electrons. The van der Waals surface area contributed by atoms with Crippen molar-refractivity contribution in [1.29, 1.82) is 0 Å². The summed E-state index contributed by atoms with van der Waals surface area (Å²) in [4.78, 5) is 11.3. The van der Waals surface area contributed by atoms with Gasteiger partial charge in [0.15, 0.2) is 0 Å². The Balaban J connectivity index is 1.48. The topological polar surface area (TPSA) is 53.2 Å². The normalized spacial score (nSPS) is 26.3. The van der Waals surface area contributed by atoms with Gasteiger partial charge in [0, 0.05) is 31.6 Å². The van der Waals surface area contributed by atoms with Gasteiger partial charge in [-0.3, -0.25) is 4.79 Å². The molecule has 0 aromatic heterocycles. The number of hydrogen-bond donors (Lipinski definition) is 3. The third-order valence-electron chi connectivity index (χ3n) is 3.10. The van der Waals surface area contributed by atoms with E-state index in [1.54, 1.807) is 0 Å². The highest BCUT2D eigenvalue weighted by molar-refractivity contribution is 5.80. The molecule has 1 unspecified atom stereocenters. The van der Waals surface area contributed by atoms with Crippen LogP contribution in [0.4, 0.5) is 0 Å². The minimum absolute atomic E-state index is 0.249. The number of hydrogen-bond acceptors (Lipinski definition) is 3. The maximum absolute atomic E-state index is 11.3. The zero-order valence-electron chi connectivity index (χ0n) is 9.22. The molecular weight excluding hydrogens is 190 g/mol. The van der Waals surface area contributed by atoms with E-state index in [0.717, 1.165) is 39.0 Å². The number of rotatable bonds is 5. The van der Waals surface area contributed by atoms with Crippen LogP contribution in [0.1, 0.15) is 25.7 Å². The van der Waals surface area contributed by atoms with Crippen LogP contribution in [0.15, 0.2) is 0 Å². The summed E-state index contributed by atoms with van der Waals surface area (Å²) in [6.07, 6.45) is 4.69. The second-order valence-corrected chi connectivity index (χ2v) is 4.56. The molecule has 2 aliphatic rings. The zero-order chi connectivity index (χ0) is 10.5. The van der Waals surface area contributed by atoms with E-state index >= 15 is 0 Å². The molecular formula is C11H21N3O. The van der Waals surface area contributed by atoms with Crippen molar-refractivity contribution in [2.24, 2.45) is 5.92 Å². The van der Waals surface area contributed by atoms with Crippen LogP contribution in [-0.2, 0) is 4.79 Å². The summed E-state index contributed by atoms with van der Waals surface area (Å²) in [7, 11) is 0. The van der Waals surface area contributed by atoms with E-state index in [-0.39, 0.29) is 5.91 Å². The Hall–Kier alpha value is -0.610. The molecule has 2 fully saturated rings. The van der Waals surface area contributed by atoms with Crippen molar-refractivity contribution in [2.45, 2.75) is 31.7 Å². The molecule has 1 aliphatic heterocycles. The van der Waals surface area contributed by atoms with Crippen LogP contribution in [0.3, 0.4) is 0 Å². The number of amides is 1. The van der Waals surface area contributed by atoms with Gasteiger partial charge in [0.25, 0.3) is 0 Å². The van der Waals surface area contributed by atoms with E-state index in [2.05, 4.69) is 16.0 Å². The standard InChI is InChI=1S/C11H21N3O/c15-11(9-3-4-9)14-7-6-13-10-2-1-5-12-8-10/h9-10,12-13H,1-8H2,(H,14,15). The van der Waals surface area contributed by atoms with Crippen LogP contribution >= 0.6 is 0 Å². The Kier molecular flexibility index (Phi) is 3.97. The molecule has 1 atom stereocenters. The fourth-order valence-corrected chi connectivity index (χ4v) is 1.98. The molecule has 2 rings (SSSR count). The van der Waals surface area contributed by atoms with Gasteiger partial charge in [-0.05, 0) is 32.2 Å². The Bertz CT molecular complexity index is 210. The number of nitrogens with one attached hydrogen (secondary N) is 3. The second-order valence-electron chi connectivity index (χ2n) is 4.56. The van der Waals surface area contributed by atoms with Crippen molar-refractivity contribution in [2.75, 3.05) is 26.2 Å². The van der Waals surface area contributed by atoms with Crippen LogP contribution in [0, 0.1) is 5.92 Å². The van der Waals surface area contributed by atoms with E-state index < -0.39 is 0 Å². The first-order valence-electron chi connectivity index (χ1n) is 6.08. The Morgan fingerprint density at radius 1 is 1.27 bits per heavy atom. The van der Waals surface area contributed by atoms with E-state index in [1.807, 2.05) is 0 Å². The summed E-state index contributed by atoms with van der Waals surface area (Å²) < 4.78 is 0. The third-order valence-corrected chi connectivity index (χ3v) is 3.10. The van der Waals surface area contributed by atoms with Gasteiger partial charge in [-0.15, -0.1) is 0 Å². The highest BCUT2D eigenvalue weighted by atomic mass is 16.2. The van der Waals surface area contributed by atoms with Crippen molar-refractivity contribution in [3.8, 4) is 0 Å². The summed E-state index contributed by atoms with van der Waals surface area (Å²) >= 11 is 0. The smallest absolute Gasteiger partial charge is 0.223 e. The molecule has 1 aliphatic carbocycles. The SMILES string of the molecule is O=C(NCCNC1CCCNC1)C1CC1. The van der Waals surface area contributed by atoms with Crippen LogP contribution in [-0.4, -0.2) is 38.1 Å². The molecule has 4 nitrogen and oxygen atoms in total. The summed E-state index contributed by atoms with van der Waals surface area (Å²) in [6.45, 7) is 3.88. The number of carbonyl (C=O) groups is 1. The molecule has 0 aromatic carbocycles. The number of carbonyl (C=O) groups excluding carboxylic acids is 1. The van der Waals surface area contributed by atoms with Crippen LogP contribution in [0.25, 0.3) is 0 Å². The van der Waals surface area contributed by atoms with Crippen LogP contribution in [0.5, 0.6) is 0 Å². The fraction of sp³-hybridized carbons (Fsp3) is 0.909. The Morgan fingerprint density at radius 3 is 2.80 bits per heavy atom. The van der Waals surface area contributed by atoms with Crippen molar-refractivity contribution >= 4 is 5.91 Å². The van der Waals surface area contributed by atoms with Crippen molar-refractivity contribution in [1.82, 2.24) is 16.0 Å². The van der Waals surface area contributed by atoms with Gasteiger partial charge in [0.1, 0.15) is 0 Å². The van der Waals surface area contributed by atoms with Gasteiger partial charge in [-0.25, -0.2) is 0 Å². The van der Waals surface area contributed by atoms with Gasteiger partial charge in [-0.1, -0.05) is 0 Å². The van der Waals surface area contributed by atoms with Crippen molar-refractivity contribution in [3.05, 3.63) is 0 Å². The first-order valence-corrected chi connectivity index (χ1v) is 6.08. The van der Waals surface area contributed by atoms with Crippen LogP contribution in [0.2, 0.25) is 0 Å². The second kappa shape index (κ2) is 5.47. The minimum atomic E-state index is 0.249. The Labute approximate surface area is 91.2 Å². The van der Waals surface area contributed by atoms with Gasteiger partial charge in [-0.2, -0.15) is 0 Å². The monoisotopic (exact) mass is 211 g/mol. The van der Waals surface area contributed by atoms with Gasteiger partial charge >= 0.3 is 0 Å². The largest absolute Gasteiger partial charge is 0.355 e. The molecule has 1 heterocycles. The van der Waals surface area contributed by atoms with E-state index in [1.165, 1.54) is 12.8 Å². The highest BCUT2D eigenvalue weighted by Gasteiger charge is 2.28. The molecule has 0 spiro atoms. The lowest BCUT2D eigenvalue weighted by atomic mass is 10.1. The van der Waals surface area contributed by atoms with Gasteiger partial charge in [0.05, 0.1) is 0 Å². The molecule has 0 bridgehead atoms. The molecule has 1 amide bonds. The van der Waals surface area contributed by atoms with Gasteiger partial charge < -0.3 is 16.0 Å². The average Bonchev–Trinajstić information content (AvgIpc) is 3.09. The minimum Gasteiger partial charge on any atom is -0.355 e. The highest BCUT2D eigenvalue weighted by Crippen LogP contribution is 2.28. The molecule has 1 saturated carbocycles. The molecule has 0 aromatic rings. The summed E-state index contributed by atoms with van der Waals surface area (Å²) in [6, 6.07) is 0.594. The zero-order valence-corrected chi connectivity index (χ0v) is 9.22. The summed E-state index contributed by atoms with van der Waals surface area (Å²) in [5.74, 6) is 0.583. The van der Waals surface area contributed by atoms with Crippen molar-refractivity contribution < 1.29 is 4.79 Å². The molecule has 3 N–H and O–H groups in total. The average molecular weight is 211 g/mol. The lowest BCUT2D eigenvalue weighted by Gasteiger charge is -2.23. The third kappa shape index (κ3) is 3.80. The van der Waals surface area contributed by atoms with E-state index in [0.29, 0.717) is 12.0 Å². The fourth-order valence-electron chi connectivity index (χ4n) is 1.98. The molecule has 0 radical (unpaired) electrons. The lowest BCUT2D eigenvalue weighted by molar-refractivity contribution is -0.122. The number of piperidine rings is 1. The Morgan fingerprint density at radius 2 is 2.13 bits per heavy atom. The quantitative estimate of drug-likeness (QED) is 0.555. The maximum atomic E-state index is 11.3. The van der Waals surface area contributed by atoms with Crippen LogP contribution < -0.4 is 16.0 Å². The van der Waals surface area contributed by atoms with E-state index in [9.17, 15) is 4.79 Å². The maximum Gasteiger partial charge on any atom is 0.223 e. The first-order chi connectivity index (χ1) is 7.36. The first kappa shape index (κ1) is 10.9. The molecule has 15 heavy (non-hydrogen) atoms. The predicted molar refractivity (Wildman–Crippen MR) is 59.6 cm³/mol.